The summed E-state index contributed by atoms with van der Waals surface area (Å²) >= 11 is 0. The highest BCUT2D eigenvalue weighted by atomic mass is 16.4. The van der Waals surface area contributed by atoms with Crippen molar-refractivity contribution in [3.63, 3.8) is 0 Å². The van der Waals surface area contributed by atoms with Crippen molar-refractivity contribution in [2.24, 2.45) is 5.92 Å². The maximum atomic E-state index is 10.7. The van der Waals surface area contributed by atoms with Crippen LogP contribution in [0.5, 0.6) is 0 Å². The van der Waals surface area contributed by atoms with Crippen molar-refractivity contribution < 1.29 is 39.6 Å². The van der Waals surface area contributed by atoms with Crippen molar-refractivity contribution in [2.75, 3.05) is 0 Å². The molecule has 0 aliphatic carbocycles. The fourth-order valence-electron chi connectivity index (χ4n) is 4.70. The Hall–Kier alpha value is -5.24. The number of carboxylic acids is 4. The maximum Gasteiger partial charge on any atom is 0.317 e. The van der Waals surface area contributed by atoms with Crippen molar-refractivity contribution in [3.8, 4) is 0 Å². The van der Waals surface area contributed by atoms with Gasteiger partial charge in [0.25, 0.3) is 0 Å². The van der Waals surface area contributed by atoms with Crippen molar-refractivity contribution >= 4 is 42.1 Å². The molecule has 3 rings (SSSR count). The highest BCUT2D eigenvalue weighted by Crippen LogP contribution is 2.14. The molecule has 0 unspecified atom stereocenters. The van der Waals surface area contributed by atoms with E-state index in [4.69, 9.17) is 20.4 Å². The SMILES string of the molecule is C=Cc1ccc(CCCCC(=O)O)cc1.C=Cc1ccc(CCCCC(=O)O)cc1.C=Cc1ccc(CCCCC(C(=O)O)C(=O)O)cc1. The Labute approximate surface area is 290 Å². The predicted molar refractivity (Wildman–Crippen MR) is 196 cm³/mol. The molecule has 0 spiro atoms. The van der Waals surface area contributed by atoms with Gasteiger partial charge in [0.1, 0.15) is 0 Å². The lowest BCUT2D eigenvalue weighted by molar-refractivity contribution is -0.155. The topological polar surface area (TPSA) is 149 Å². The van der Waals surface area contributed by atoms with Crippen LogP contribution in [-0.2, 0) is 38.4 Å². The molecule has 0 aromatic heterocycles. The highest BCUT2D eigenvalue weighted by Gasteiger charge is 2.24. The fraction of sp³-hybridized carbons (Fsp3) is 0.317. The number of benzene rings is 3. The van der Waals surface area contributed by atoms with Gasteiger partial charge in [-0.15, -0.1) is 0 Å². The van der Waals surface area contributed by atoms with Gasteiger partial charge in [0.05, 0.1) is 0 Å². The molecule has 49 heavy (non-hydrogen) atoms. The number of rotatable bonds is 20. The van der Waals surface area contributed by atoms with Gasteiger partial charge in [-0.3, -0.25) is 19.2 Å². The van der Waals surface area contributed by atoms with Gasteiger partial charge in [0.15, 0.2) is 5.92 Å². The minimum Gasteiger partial charge on any atom is -0.481 e. The molecule has 0 fully saturated rings. The third-order valence-electron chi connectivity index (χ3n) is 7.66. The molecule has 0 aliphatic heterocycles. The molecule has 0 atom stereocenters. The monoisotopic (exact) mass is 670 g/mol. The Morgan fingerprint density at radius 3 is 1.00 bits per heavy atom. The number of carboxylic acid groups (broad SMARTS) is 4. The second kappa shape index (κ2) is 24.9. The Kier molecular flexibility index (Phi) is 21.2. The van der Waals surface area contributed by atoms with Gasteiger partial charge < -0.3 is 20.4 Å². The molecular formula is C41H50O8. The lowest BCUT2D eigenvalue weighted by atomic mass is 9.99. The van der Waals surface area contributed by atoms with Crippen LogP contribution in [0.15, 0.2) is 92.5 Å². The second-order valence-corrected chi connectivity index (χ2v) is 11.5. The van der Waals surface area contributed by atoms with E-state index >= 15 is 0 Å². The van der Waals surface area contributed by atoms with Crippen LogP contribution in [-0.4, -0.2) is 44.3 Å². The highest BCUT2D eigenvalue weighted by molar-refractivity contribution is 5.92. The van der Waals surface area contributed by atoms with E-state index in [1.807, 2.05) is 60.7 Å². The predicted octanol–water partition coefficient (Wildman–Crippen LogP) is 9.08. The van der Waals surface area contributed by atoms with Crippen LogP contribution in [0.3, 0.4) is 0 Å². The normalized spacial score (nSPS) is 10.1. The molecule has 8 heteroatoms. The number of unbranched alkanes of at least 4 members (excludes halogenated alkanes) is 3. The van der Waals surface area contributed by atoms with Gasteiger partial charge in [-0.25, -0.2) is 0 Å². The Morgan fingerprint density at radius 1 is 0.469 bits per heavy atom. The van der Waals surface area contributed by atoms with Crippen molar-refractivity contribution in [1.29, 1.82) is 0 Å². The summed E-state index contributed by atoms with van der Waals surface area (Å²) in [6, 6.07) is 24.3. The molecule has 0 radical (unpaired) electrons. The van der Waals surface area contributed by atoms with Crippen LogP contribution in [0.4, 0.5) is 0 Å². The Balaban J connectivity index is 0.000000371. The average Bonchev–Trinajstić information content (AvgIpc) is 3.09. The third kappa shape index (κ3) is 19.9. The Bertz CT molecular complexity index is 1370. The van der Waals surface area contributed by atoms with Crippen LogP contribution in [0, 0.1) is 5.92 Å². The fourth-order valence-corrected chi connectivity index (χ4v) is 4.70. The Morgan fingerprint density at radius 2 is 0.755 bits per heavy atom. The van der Waals surface area contributed by atoms with Crippen molar-refractivity contribution in [3.05, 3.63) is 126 Å². The van der Waals surface area contributed by atoms with Crippen LogP contribution in [0.2, 0.25) is 0 Å². The standard InChI is InChI=1S/C15H18O4.2C13H16O2/c1-2-11-7-9-12(10-8-11)5-3-4-6-13(14(16)17)15(18)19;2*1-2-11-7-9-12(10-8-11)5-3-4-6-13(14)15/h2,7-10,13H,1,3-6H2,(H,16,17)(H,18,19);2*2,7-10H,1,3-6H2,(H,14,15). The third-order valence-corrected chi connectivity index (χ3v) is 7.66. The molecule has 262 valence electrons. The molecule has 8 nitrogen and oxygen atoms in total. The molecule has 0 amide bonds. The van der Waals surface area contributed by atoms with Crippen LogP contribution in [0.1, 0.15) is 91.2 Å². The zero-order chi connectivity index (χ0) is 36.4. The van der Waals surface area contributed by atoms with E-state index in [0.29, 0.717) is 6.42 Å². The summed E-state index contributed by atoms with van der Waals surface area (Å²) < 4.78 is 0. The number of aryl methyl sites for hydroxylation is 3. The first-order valence-electron chi connectivity index (χ1n) is 16.5. The zero-order valence-electron chi connectivity index (χ0n) is 28.3. The molecule has 3 aromatic rings. The van der Waals surface area contributed by atoms with Crippen molar-refractivity contribution in [2.45, 2.75) is 77.0 Å². The molecule has 0 heterocycles. The number of hydrogen-bond acceptors (Lipinski definition) is 4. The van der Waals surface area contributed by atoms with Crippen LogP contribution < -0.4 is 0 Å². The molecular weight excluding hydrogens is 620 g/mol. The van der Waals surface area contributed by atoms with Gasteiger partial charge in [0.2, 0.25) is 0 Å². The number of aliphatic carboxylic acids is 4. The first-order valence-corrected chi connectivity index (χ1v) is 16.5. The van der Waals surface area contributed by atoms with E-state index < -0.39 is 29.8 Å². The first kappa shape index (κ1) is 41.8. The van der Waals surface area contributed by atoms with E-state index in [9.17, 15) is 19.2 Å². The summed E-state index contributed by atoms with van der Waals surface area (Å²) in [6.45, 7) is 11.1. The second-order valence-electron chi connectivity index (χ2n) is 11.5. The van der Waals surface area contributed by atoms with E-state index in [0.717, 1.165) is 73.6 Å². The van der Waals surface area contributed by atoms with Crippen LogP contribution in [0.25, 0.3) is 18.2 Å². The van der Waals surface area contributed by atoms with Gasteiger partial charge in [0, 0.05) is 12.8 Å². The minimum absolute atomic E-state index is 0.176. The zero-order valence-corrected chi connectivity index (χ0v) is 28.3. The summed E-state index contributed by atoms with van der Waals surface area (Å²) in [6.07, 6.45) is 13.6. The lowest BCUT2D eigenvalue weighted by Crippen LogP contribution is -2.23. The average molecular weight is 671 g/mol. The first-order chi connectivity index (χ1) is 23.5. The molecule has 0 saturated heterocycles. The van der Waals surface area contributed by atoms with Gasteiger partial charge >= 0.3 is 23.9 Å². The van der Waals surface area contributed by atoms with Gasteiger partial charge in [-0.1, -0.05) is 117 Å². The summed E-state index contributed by atoms with van der Waals surface area (Å²) in [5.41, 5.74) is 6.96. The van der Waals surface area contributed by atoms with E-state index in [1.54, 1.807) is 6.08 Å². The lowest BCUT2D eigenvalue weighted by Gasteiger charge is -2.07. The van der Waals surface area contributed by atoms with Crippen molar-refractivity contribution in [1.82, 2.24) is 0 Å². The molecule has 0 bridgehead atoms. The minimum atomic E-state index is -1.29. The quantitative estimate of drug-likeness (QED) is 0.0687. The summed E-state index contributed by atoms with van der Waals surface area (Å²) in [5, 5.41) is 34.4. The molecule has 4 N–H and O–H groups in total. The summed E-state index contributed by atoms with van der Waals surface area (Å²) in [7, 11) is 0. The van der Waals surface area contributed by atoms with E-state index in [1.165, 1.54) is 11.1 Å². The number of hydrogen-bond donors (Lipinski definition) is 4. The van der Waals surface area contributed by atoms with E-state index in [-0.39, 0.29) is 19.3 Å². The number of carbonyl (C=O) groups is 4. The van der Waals surface area contributed by atoms with Gasteiger partial charge in [-0.2, -0.15) is 0 Å². The molecule has 0 saturated carbocycles. The smallest absolute Gasteiger partial charge is 0.317 e. The summed E-state index contributed by atoms with van der Waals surface area (Å²) in [4.78, 5) is 41.9. The van der Waals surface area contributed by atoms with E-state index in [2.05, 4.69) is 44.0 Å². The maximum absolute atomic E-state index is 10.7. The van der Waals surface area contributed by atoms with Gasteiger partial charge in [-0.05, 0) is 91.2 Å². The summed E-state index contributed by atoms with van der Waals surface area (Å²) in [5.74, 6) is -5.23. The van der Waals surface area contributed by atoms with Crippen LogP contribution >= 0.6 is 0 Å². The largest absolute Gasteiger partial charge is 0.481 e. The molecule has 3 aromatic carbocycles. The molecule has 0 aliphatic rings.